The van der Waals surface area contributed by atoms with Gasteiger partial charge in [0.1, 0.15) is 5.69 Å². The van der Waals surface area contributed by atoms with E-state index < -0.39 is 0 Å². The van der Waals surface area contributed by atoms with E-state index in [-0.39, 0.29) is 5.78 Å². The van der Waals surface area contributed by atoms with Crippen LogP contribution in [0.25, 0.3) is 5.57 Å². The number of hydrogen-bond acceptors (Lipinski definition) is 2. The van der Waals surface area contributed by atoms with Crippen molar-refractivity contribution in [2.24, 2.45) is 0 Å². The maximum atomic E-state index is 11.3. The molecule has 0 spiro atoms. The topological polar surface area (TPSA) is 30.0 Å². The smallest absolute Gasteiger partial charge is 0.180 e. The predicted octanol–water partition coefficient (Wildman–Crippen LogP) is 2.71. The first-order chi connectivity index (χ1) is 6.15. The minimum absolute atomic E-state index is 0.0723. The SMILES string of the molecule is C=C(C)c1cccc(C(=O)CC)n1. The van der Waals surface area contributed by atoms with E-state index in [1.165, 1.54) is 0 Å². The molecule has 1 aromatic rings. The van der Waals surface area contributed by atoms with Gasteiger partial charge in [0.15, 0.2) is 5.78 Å². The molecule has 1 rings (SSSR count). The fraction of sp³-hybridized carbons (Fsp3) is 0.273. The summed E-state index contributed by atoms with van der Waals surface area (Å²) in [6.45, 7) is 7.49. The molecular formula is C11H13NO. The van der Waals surface area contributed by atoms with Gasteiger partial charge in [0.2, 0.25) is 0 Å². The van der Waals surface area contributed by atoms with Gasteiger partial charge in [0.05, 0.1) is 5.69 Å². The highest BCUT2D eigenvalue weighted by atomic mass is 16.1. The zero-order valence-corrected chi connectivity index (χ0v) is 8.00. The number of carbonyl (C=O) groups is 1. The Morgan fingerprint density at radius 3 is 2.62 bits per heavy atom. The van der Waals surface area contributed by atoms with Gasteiger partial charge in [-0.3, -0.25) is 4.79 Å². The molecular weight excluding hydrogens is 162 g/mol. The molecule has 0 atom stereocenters. The third-order valence-electron chi connectivity index (χ3n) is 1.79. The van der Waals surface area contributed by atoms with Crippen molar-refractivity contribution in [3.05, 3.63) is 36.2 Å². The molecule has 0 saturated carbocycles. The molecule has 0 radical (unpaired) electrons. The van der Waals surface area contributed by atoms with Gasteiger partial charge in [-0.1, -0.05) is 19.6 Å². The first-order valence-electron chi connectivity index (χ1n) is 4.31. The van der Waals surface area contributed by atoms with Gasteiger partial charge >= 0.3 is 0 Å². The van der Waals surface area contributed by atoms with Crippen LogP contribution in [0.2, 0.25) is 0 Å². The maximum Gasteiger partial charge on any atom is 0.180 e. The summed E-state index contributed by atoms with van der Waals surface area (Å²) in [7, 11) is 0. The second kappa shape index (κ2) is 3.99. The highest BCUT2D eigenvalue weighted by Gasteiger charge is 2.04. The molecule has 13 heavy (non-hydrogen) atoms. The molecule has 0 aliphatic heterocycles. The third kappa shape index (κ3) is 2.25. The Morgan fingerprint density at radius 1 is 1.46 bits per heavy atom. The molecule has 0 N–H and O–H groups in total. The van der Waals surface area contributed by atoms with E-state index >= 15 is 0 Å². The van der Waals surface area contributed by atoms with Crippen LogP contribution in [0.3, 0.4) is 0 Å². The highest BCUT2D eigenvalue weighted by Crippen LogP contribution is 2.09. The zero-order valence-electron chi connectivity index (χ0n) is 8.00. The number of pyridine rings is 1. The number of allylic oxidation sites excluding steroid dienone is 1. The average Bonchev–Trinajstić information content (AvgIpc) is 2.17. The van der Waals surface area contributed by atoms with Crippen molar-refractivity contribution < 1.29 is 4.79 Å². The molecule has 0 bridgehead atoms. The normalized spacial score (nSPS) is 9.69. The van der Waals surface area contributed by atoms with Gasteiger partial charge in [0.25, 0.3) is 0 Å². The summed E-state index contributed by atoms with van der Waals surface area (Å²) in [5.41, 5.74) is 2.20. The summed E-state index contributed by atoms with van der Waals surface area (Å²) in [5, 5.41) is 0. The van der Waals surface area contributed by atoms with Crippen LogP contribution in [-0.2, 0) is 0 Å². The molecule has 1 aromatic heterocycles. The standard InChI is InChI=1S/C11H13NO/c1-4-11(13)10-7-5-6-9(12-10)8(2)3/h5-7H,2,4H2,1,3H3. The molecule has 0 aromatic carbocycles. The van der Waals surface area contributed by atoms with Crippen LogP contribution in [0, 0.1) is 0 Å². The molecule has 1 heterocycles. The van der Waals surface area contributed by atoms with Crippen LogP contribution in [-0.4, -0.2) is 10.8 Å². The molecule has 0 saturated heterocycles. The molecule has 0 fully saturated rings. The summed E-state index contributed by atoms with van der Waals surface area (Å²) in [4.78, 5) is 15.5. The summed E-state index contributed by atoms with van der Waals surface area (Å²) < 4.78 is 0. The quantitative estimate of drug-likeness (QED) is 0.661. The van der Waals surface area contributed by atoms with Crippen LogP contribution < -0.4 is 0 Å². The Kier molecular flexibility index (Phi) is 2.96. The molecule has 2 heteroatoms. The Labute approximate surface area is 78.3 Å². The first-order valence-corrected chi connectivity index (χ1v) is 4.31. The van der Waals surface area contributed by atoms with Crippen molar-refractivity contribution >= 4 is 11.4 Å². The lowest BCUT2D eigenvalue weighted by Crippen LogP contribution is -2.01. The summed E-state index contributed by atoms with van der Waals surface area (Å²) >= 11 is 0. The van der Waals surface area contributed by atoms with Gasteiger partial charge in [-0.15, -0.1) is 0 Å². The number of rotatable bonds is 3. The number of hydrogen-bond donors (Lipinski definition) is 0. The van der Waals surface area contributed by atoms with Crippen LogP contribution in [0.5, 0.6) is 0 Å². The predicted molar refractivity (Wildman–Crippen MR) is 53.6 cm³/mol. The Morgan fingerprint density at radius 2 is 2.08 bits per heavy atom. The van der Waals surface area contributed by atoms with Crippen LogP contribution >= 0.6 is 0 Å². The van der Waals surface area contributed by atoms with E-state index in [0.29, 0.717) is 12.1 Å². The minimum Gasteiger partial charge on any atom is -0.292 e. The Hall–Kier alpha value is -1.44. The fourth-order valence-corrected chi connectivity index (χ4v) is 1.01. The summed E-state index contributed by atoms with van der Waals surface area (Å²) in [6, 6.07) is 5.42. The number of ketones is 1. The molecule has 0 aliphatic rings. The second-order valence-electron chi connectivity index (χ2n) is 2.97. The molecule has 0 aliphatic carbocycles. The largest absolute Gasteiger partial charge is 0.292 e. The van der Waals surface area contributed by atoms with E-state index in [1.807, 2.05) is 26.0 Å². The van der Waals surface area contributed by atoms with Crippen LogP contribution in [0.4, 0.5) is 0 Å². The molecule has 0 unspecified atom stereocenters. The van der Waals surface area contributed by atoms with Crippen molar-refractivity contribution in [3.63, 3.8) is 0 Å². The lowest BCUT2D eigenvalue weighted by atomic mass is 10.1. The lowest BCUT2D eigenvalue weighted by molar-refractivity contribution is 0.0983. The van der Waals surface area contributed by atoms with Crippen molar-refractivity contribution in [3.8, 4) is 0 Å². The molecule has 2 nitrogen and oxygen atoms in total. The van der Waals surface area contributed by atoms with Gasteiger partial charge in [-0.05, 0) is 24.6 Å². The first kappa shape index (κ1) is 9.65. The Balaban J connectivity index is 3.05. The van der Waals surface area contributed by atoms with Crippen molar-refractivity contribution in [2.45, 2.75) is 20.3 Å². The van der Waals surface area contributed by atoms with E-state index in [1.54, 1.807) is 6.07 Å². The fourth-order valence-electron chi connectivity index (χ4n) is 1.01. The number of carbonyl (C=O) groups excluding carboxylic acids is 1. The van der Waals surface area contributed by atoms with Gasteiger partial charge in [-0.25, -0.2) is 4.98 Å². The van der Waals surface area contributed by atoms with Gasteiger partial charge in [0, 0.05) is 6.42 Å². The number of Topliss-reactive ketones (excluding diaryl/α,β-unsaturated/α-hetero) is 1. The van der Waals surface area contributed by atoms with Crippen molar-refractivity contribution in [2.75, 3.05) is 0 Å². The van der Waals surface area contributed by atoms with Gasteiger partial charge < -0.3 is 0 Å². The Bertz CT molecular complexity index is 342. The number of nitrogens with zero attached hydrogens (tertiary/aromatic N) is 1. The lowest BCUT2D eigenvalue weighted by Gasteiger charge is -2.01. The summed E-state index contributed by atoms with van der Waals surface area (Å²) in [6.07, 6.45) is 0.493. The van der Waals surface area contributed by atoms with E-state index in [4.69, 9.17) is 0 Å². The van der Waals surface area contributed by atoms with Crippen molar-refractivity contribution in [1.82, 2.24) is 4.98 Å². The monoisotopic (exact) mass is 175 g/mol. The minimum atomic E-state index is 0.0723. The van der Waals surface area contributed by atoms with E-state index in [0.717, 1.165) is 11.3 Å². The van der Waals surface area contributed by atoms with Gasteiger partial charge in [-0.2, -0.15) is 0 Å². The molecule has 68 valence electrons. The van der Waals surface area contributed by atoms with Crippen LogP contribution in [0.1, 0.15) is 36.5 Å². The van der Waals surface area contributed by atoms with E-state index in [9.17, 15) is 4.79 Å². The van der Waals surface area contributed by atoms with E-state index in [2.05, 4.69) is 11.6 Å². The van der Waals surface area contributed by atoms with Crippen molar-refractivity contribution in [1.29, 1.82) is 0 Å². The second-order valence-corrected chi connectivity index (χ2v) is 2.97. The molecule has 0 amide bonds. The number of aromatic nitrogens is 1. The zero-order chi connectivity index (χ0) is 9.84. The maximum absolute atomic E-state index is 11.3. The third-order valence-corrected chi connectivity index (χ3v) is 1.79. The average molecular weight is 175 g/mol. The highest BCUT2D eigenvalue weighted by molar-refractivity contribution is 5.94. The summed E-state index contributed by atoms with van der Waals surface area (Å²) in [5.74, 6) is 0.0723. The van der Waals surface area contributed by atoms with Crippen LogP contribution in [0.15, 0.2) is 24.8 Å².